The van der Waals surface area contributed by atoms with E-state index in [2.05, 4.69) is 15.4 Å². The average Bonchev–Trinajstić information content (AvgIpc) is 3.13. The largest absolute Gasteiger partial charge is 0.324 e. The predicted molar refractivity (Wildman–Crippen MR) is 102 cm³/mol. The van der Waals surface area contributed by atoms with Crippen LogP contribution in [0, 0.1) is 5.82 Å². The third-order valence-electron chi connectivity index (χ3n) is 4.25. The van der Waals surface area contributed by atoms with Gasteiger partial charge in [0.05, 0.1) is 18.5 Å². The Kier molecular flexibility index (Phi) is 5.07. The number of carbonyl (C=O) groups excluding carboxylic acids is 1. The van der Waals surface area contributed by atoms with Gasteiger partial charge in [-0.25, -0.2) is 19.8 Å². The van der Waals surface area contributed by atoms with Crippen LogP contribution in [0.1, 0.15) is 21.6 Å². The molecule has 0 aliphatic heterocycles. The lowest BCUT2D eigenvalue weighted by atomic mass is 10.2. The maximum atomic E-state index is 13.1. The molecule has 28 heavy (non-hydrogen) atoms. The fourth-order valence-electron chi connectivity index (χ4n) is 2.90. The Morgan fingerprint density at radius 1 is 1.00 bits per heavy atom. The maximum Gasteiger partial charge on any atom is 0.295 e. The van der Waals surface area contributed by atoms with Gasteiger partial charge in [0.25, 0.3) is 5.91 Å². The molecule has 4 aromatic rings. The van der Waals surface area contributed by atoms with Crippen LogP contribution in [0.4, 0.5) is 4.39 Å². The number of amides is 1. The van der Waals surface area contributed by atoms with E-state index in [0.29, 0.717) is 17.6 Å². The van der Waals surface area contributed by atoms with Crippen LogP contribution in [-0.2, 0) is 18.0 Å². The number of halogens is 1. The highest BCUT2D eigenvalue weighted by atomic mass is 19.1. The lowest BCUT2D eigenvalue weighted by Gasteiger charge is -2.09. The molecule has 0 aliphatic carbocycles. The molecular weight excluding hydrogens is 359 g/mol. The fraction of sp³-hybridized carbons (Fsp3) is 0.0952. The summed E-state index contributed by atoms with van der Waals surface area (Å²) in [6.45, 7) is 0.686. The zero-order chi connectivity index (χ0) is 19.3. The molecule has 1 amide bonds. The van der Waals surface area contributed by atoms with E-state index in [0.717, 1.165) is 11.1 Å². The normalized spacial score (nSPS) is 10.9. The second kappa shape index (κ2) is 7.98. The quantitative estimate of drug-likeness (QED) is 0.523. The molecule has 6 nitrogen and oxygen atoms in total. The number of imidazole rings is 1. The number of benzene rings is 2. The highest BCUT2D eigenvalue weighted by molar-refractivity contribution is 6.02. The van der Waals surface area contributed by atoms with Gasteiger partial charge in [-0.3, -0.25) is 9.63 Å². The van der Waals surface area contributed by atoms with Gasteiger partial charge < -0.3 is 4.57 Å². The lowest BCUT2D eigenvalue weighted by molar-refractivity contribution is 0.0230. The van der Waals surface area contributed by atoms with Crippen LogP contribution in [0.15, 0.2) is 73.2 Å². The Morgan fingerprint density at radius 3 is 2.57 bits per heavy atom. The molecule has 2 heterocycles. The summed E-state index contributed by atoms with van der Waals surface area (Å²) in [5.74, 6) is -0.751. The number of aromatic nitrogens is 3. The molecule has 7 heteroatoms. The van der Waals surface area contributed by atoms with Crippen molar-refractivity contribution in [1.82, 2.24) is 20.0 Å². The summed E-state index contributed by atoms with van der Waals surface area (Å²) in [7, 11) is 0. The molecule has 2 aromatic carbocycles. The van der Waals surface area contributed by atoms with Crippen molar-refractivity contribution in [3.63, 3.8) is 0 Å². The molecule has 1 N–H and O–H groups in total. The monoisotopic (exact) mass is 376 g/mol. The maximum absolute atomic E-state index is 13.1. The Labute approximate surface area is 160 Å². The van der Waals surface area contributed by atoms with Crippen LogP contribution in [0.2, 0.25) is 0 Å². The number of hydrogen-bond donors (Lipinski definition) is 1. The summed E-state index contributed by atoms with van der Waals surface area (Å²) >= 11 is 0. The zero-order valence-corrected chi connectivity index (χ0v) is 14.9. The van der Waals surface area contributed by atoms with E-state index in [4.69, 9.17) is 4.84 Å². The number of nitrogens with one attached hydrogen (secondary N) is 1. The van der Waals surface area contributed by atoms with Crippen molar-refractivity contribution < 1.29 is 14.0 Å². The molecule has 0 atom stereocenters. The SMILES string of the molecule is O=C(NOCc1ccccc1)c1nccc2ncn(Cc3ccc(F)cc3)c12. The number of hydrogen-bond acceptors (Lipinski definition) is 4. The van der Waals surface area contributed by atoms with E-state index >= 15 is 0 Å². The van der Waals surface area contributed by atoms with Crippen LogP contribution in [0.3, 0.4) is 0 Å². The van der Waals surface area contributed by atoms with E-state index in [1.165, 1.54) is 18.3 Å². The van der Waals surface area contributed by atoms with Crippen molar-refractivity contribution in [2.24, 2.45) is 0 Å². The van der Waals surface area contributed by atoms with Crippen LogP contribution < -0.4 is 5.48 Å². The molecule has 0 fully saturated rings. The van der Waals surface area contributed by atoms with Gasteiger partial charge >= 0.3 is 0 Å². The fourth-order valence-corrected chi connectivity index (χ4v) is 2.90. The topological polar surface area (TPSA) is 69.0 Å². The van der Waals surface area contributed by atoms with E-state index in [1.807, 2.05) is 34.9 Å². The van der Waals surface area contributed by atoms with Crippen LogP contribution in [-0.4, -0.2) is 20.4 Å². The third-order valence-corrected chi connectivity index (χ3v) is 4.25. The molecule has 0 saturated heterocycles. The number of nitrogens with zero attached hydrogens (tertiary/aromatic N) is 3. The second-order valence-corrected chi connectivity index (χ2v) is 6.23. The molecule has 0 spiro atoms. The molecule has 140 valence electrons. The van der Waals surface area contributed by atoms with Crippen molar-refractivity contribution in [2.75, 3.05) is 0 Å². The number of rotatable bonds is 6. The van der Waals surface area contributed by atoms with Crippen molar-refractivity contribution in [2.45, 2.75) is 13.2 Å². The first-order chi connectivity index (χ1) is 13.7. The number of pyridine rings is 1. The van der Waals surface area contributed by atoms with Gasteiger partial charge in [0.1, 0.15) is 11.3 Å². The van der Waals surface area contributed by atoms with Crippen molar-refractivity contribution in [1.29, 1.82) is 0 Å². The molecule has 0 bridgehead atoms. The van der Waals surface area contributed by atoms with Gasteiger partial charge in [-0.2, -0.15) is 0 Å². The summed E-state index contributed by atoms with van der Waals surface area (Å²) in [6.07, 6.45) is 3.17. The lowest BCUT2D eigenvalue weighted by Crippen LogP contribution is -2.25. The van der Waals surface area contributed by atoms with Crippen LogP contribution in [0.5, 0.6) is 0 Å². The summed E-state index contributed by atoms with van der Waals surface area (Å²) < 4.78 is 14.9. The smallest absolute Gasteiger partial charge is 0.295 e. The van der Waals surface area contributed by atoms with E-state index in [-0.39, 0.29) is 18.1 Å². The van der Waals surface area contributed by atoms with Crippen molar-refractivity contribution in [3.05, 3.63) is 95.8 Å². The van der Waals surface area contributed by atoms with Gasteiger partial charge in [-0.1, -0.05) is 42.5 Å². The van der Waals surface area contributed by atoms with Gasteiger partial charge in [0.2, 0.25) is 0 Å². The highest BCUT2D eigenvalue weighted by Gasteiger charge is 2.16. The molecule has 0 radical (unpaired) electrons. The Bertz CT molecular complexity index is 1090. The standard InChI is InChI=1S/C21H17FN4O2/c22-17-8-6-15(7-9-17)12-26-14-24-18-10-11-23-19(20(18)26)21(27)25-28-13-16-4-2-1-3-5-16/h1-11,14H,12-13H2,(H,25,27). The number of carbonyl (C=O) groups is 1. The molecule has 0 saturated carbocycles. The summed E-state index contributed by atoms with van der Waals surface area (Å²) in [6, 6.07) is 17.4. The average molecular weight is 376 g/mol. The second-order valence-electron chi connectivity index (χ2n) is 6.23. The zero-order valence-electron chi connectivity index (χ0n) is 14.9. The molecule has 4 rings (SSSR count). The third kappa shape index (κ3) is 3.89. The summed E-state index contributed by atoms with van der Waals surface area (Å²) in [5.41, 5.74) is 5.71. The Hall–Kier alpha value is -3.58. The minimum absolute atomic E-state index is 0.213. The summed E-state index contributed by atoms with van der Waals surface area (Å²) in [4.78, 5) is 26.5. The van der Waals surface area contributed by atoms with Gasteiger partial charge in [0, 0.05) is 12.7 Å². The van der Waals surface area contributed by atoms with Gasteiger partial charge in [-0.15, -0.1) is 0 Å². The van der Waals surface area contributed by atoms with Crippen LogP contribution in [0.25, 0.3) is 11.0 Å². The van der Waals surface area contributed by atoms with Gasteiger partial charge in [-0.05, 0) is 29.3 Å². The Morgan fingerprint density at radius 2 is 1.79 bits per heavy atom. The molecule has 0 aliphatic rings. The van der Waals surface area contributed by atoms with Crippen molar-refractivity contribution >= 4 is 16.9 Å². The minimum atomic E-state index is -0.456. The van der Waals surface area contributed by atoms with E-state index in [9.17, 15) is 9.18 Å². The first-order valence-corrected chi connectivity index (χ1v) is 8.71. The van der Waals surface area contributed by atoms with E-state index < -0.39 is 5.91 Å². The molecular formula is C21H17FN4O2. The molecule has 0 unspecified atom stereocenters. The van der Waals surface area contributed by atoms with E-state index in [1.54, 1.807) is 24.5 Å². The first kappa shape index (κ1) is 17.8. The van der Waals surface area contributed by atoms with Gasteiger partial charge in [0.15, 0.2) is 5.69 Å². The van der Waals surface area contributed by atoms with Crippen molar-refractivity contribution in [3.8, 4) is 0 Å². The predicted octanol–water partition coefficient (Wildman–Crippen LogP) is 3.48. The number of hydroxylamine groups is 1. The minimum Gasteiger partial charge on any atom is -0.324 e. The van der Waals surface area contributed by atoms with Crippen LogP contribution >= 0.6 is 0 Å². The Balaban J connectivity index is 1.54. The summed E-state index contributed by atoms with van der Waals surface area (Å²) in [5, 5.41) is 0. The number of fused-ring (bicyclic) bond motifs is 1. The highest BCUT2D eigenvalue weighted by Crippen LogP contribution is 2.18. The first-order valence-electron chi connectivity index (χ1n) is 8.71. The molecule has 2 aromatic heterocycles.